The van der Waals surface area contributed by atoms with Gasteiger partial charge in [0.05, 0.1) is 5.56 Å². The van der Waals surface area contributed by atoms with Gasteiger partial charge >= 0.3 is 5.97 Å². The lowest BCUT2D eigenvalue weighted by Crippen LogP contribution is -2.28. The van der Waals surface area contributed by atoms with Gasteiger partial charge in [0.1, 0.15) is 0 Å². The number of hydrogen-bond donors (Lipinski definition) is 0. The number of alkyl halides is 1. The zero-order chi connectivity index (χ0) is 15.1. The fraction of sp³-hybridized carbons (Fsp3) is 0.176. The highest BCUT2D eigenvalue weighted by atomic mass is 35.5. The molecule has 0 aliphatic heterocycles. The molecule has 0 fully saturated rings. The molecule has 0 saturated carbocycles. The van der Waals surface area contributed by atoms with Gasteiger partial charge in [-0.2, -0.15) is 0 Å². The van der Waals surface area contributed by atoms with Crippen LogP contribution in [0.1, 0.15) is 27.1 Å². The largest absolute Gasteiger partial charge is 0.450 e. The molecule has 4 heteroatoms. The Morgan fingerprint density at radius 3 is 1.95 bits per heavy atom. The summed E-state index contributed by atoms with van der Waals surface area (Å²) in [4.78, 5) is 24.4. The summed E-state index contributed by atoms with van der Waals surface area (Å²) in [6.45, 7) is 0. The maximum atomic E-state index is 12.4. The van der Waals surface area contributed by atoms with Gasteiger partial charge in [-0.05, 0) is 12.1 Å². The Morgan fingerprint density at radius 1 is 0.905 bits per heavy atom. The maximum absolute atomic E-state index is 12.4. The Morgan fingerprint density at radius 2 is 1.43 bits per heavy atom. The predicted octanol–water partition coefficient (Wildman–Crippen LogP) is 3.72. The van der Waals surface area contributed by atoms with Gasteiger partial charge in [-0.1, -0.05) is 48.5 Å². The Bertz CT molecular complexity index is 596. The molecule has 2 rings (SSSR count). The van der Waals surface area contributed by atoms with Gasteiger partial charge in [-0.25, -0.2) is 4.79 Å². The van der Waals surface area contributed by atoms with Crippen molar-refractivity contribution in [2.45, 2.75) is 12.5 Å². The van der Waals surface area contributed by atoms with Crippen LogP contribution in [0, 0.1) is 0 Å². The number of carbonyl (C=O) groups excluding carboxylic acids is 2. The number of hydrogen-bond acceptors (Lipinski definition) is 3. The highest BCUT2D eigenvalue weighted by Crippen LogP contribution is 2.13. The third kappa shape index (κ3) is 4.17. The molecule has 0 radical (unpaired) electrons. The lowest BCUT2D eigenvalue weighted by atomic mass is 10.0. The van der Waals surface area contributed by atoms with E-state index in [1.54, 1.807) is 48.5 Å². The Kier molecular flexibility index (Phi) is 5.52. The number of carbonyl (C=O) groups is 2. The Hall–Kier alpha value is -2.13. The van der Waals surface area contributed by atoms with Crippen LogP contribution in [0.4, 0.5) is 0 Å². The molecule has 0 aromatic heterocycles. The van der Waals surface area contributed by atoms with Crippen LogP contribution in [0.3, 0.4) is 0 Å². The summed E-state index contributed by atoms with van der Waals surface area (Å²) in [5, 5.41) is 0. The second-order valence-electron chi connectivity index (χ2n) is 4.47. The van der Waals surface area contributed by atoms with E-state index >= 15 is 0 Å². The van der Waals surface area contributed by atoms with Gasteiger partial charge < -0.3 is 4.74 Å². The van der Waals surface area contributed by atoms with E-state index in [0.717, 1.165) is 0 Å². The molecule has 21 heavy (non-hydrogen) atoms. The molecule has 0 heterocycles. The van der Waals surface area contributed by atoms with Crippen LogP contribution in [-0.2, 0) is 4.74 Å². The summed E-state index contributed by atoms with van der Waals surface area (Å²) in [5.74, 6) is -0.513. The molecule has 0 saturated heterocycles. The number of benzene rings is 2. The van der Waals surface area contributed by atoms with Gasteiger partial charge in [-0.15, -0.1) is 11.6 Å². The number of ether oxygens (including phenoxy) is 1. The quantitative estimate of drug-likeness (QED) is 0.464. The van der Waals surface area contributed by atoms with E-state index < -0.39 is 12.1 Å². The third-order valence-electron chi connectivity index (χ3n) is 2.98. The van der Waals surface area contributed by atoms with Crippen LogP contribution in [0.5, 0.6) is 0 Å². The van der Waals surface area contributed by atoms with Crippen molar-refractivity contribution in [3.05, 3.63) is 71.8 Å². The number of halogens is 1. The summed E-state index contributed by atoms with van der Waals surface area (Å²) in [7, 11) is 0. The molecule has 0 aliphatic rings. The molecule has 2 aromatic carbocycles. The number of esters is 1. The average Bonchev–Trinajstić information content (AvgIpc) is 2.55. The van der Waals surface area contributed by atoms with Crippen molar-refractivity contribution in [2.24, 2.45) is 0 Å². The molecule has 1 unspecified atom stereocenters. The van der Waals surface area contributed by atoms with E-state index in [1.807, 2.05) is 12.1 Å². The molecule has 0 N–H and O–H groups in total. The fourth-order valence-electron chi connectivity index (χ4n) is 1.90. The summed E-state index contributed by atoms with van der Waals surface area (Å²) in [6.07, 6.45) is -0.578. The second-order valence-corrected chi connectivity index (χ2v) is 4.85. The van der Waals surface area contributed by atoms with Gasteiger partial charge in [0.2, 0.25) is 5.78 Å². The first-order chi connectivity index (χ1) is 10.2. The summed E-state index contributed by atoms with van der Waals surface area (Å²) >= 11 is 5.71. The van der Waals surface area contributed by atoms with Crippen molar-refractivity contribution in [3.8, 4) is 0 Å². The lowest BCUT2D eigenvalue weighted by Gasteiger charge is -2.16. The molecule has 3 nitrogen and oxygen atoms in total. The van der Waals surface area contributed by atoms with Gasteiger partial charge in [0.25, 0.3) is 0 Å². The average molecular weight is 303 g/mol. The van der Waals surface area contributed by atoms with Gasteiger partial charge in [-0.3, -0.25) is 4.79 Å². The molecule has 108 valence electrons. The first kappa shape index (κ1) is 15.3. The van der Waals surface area contributed by atoms with E-state index in [1.165, 1.54) is 0 Å². The maximum Gasteiger partial charge on any atom is 0.338 e. The minimum absolute atomic E-state index is 0.236. The topological polar surface area (TPSA) is 43.4 Å². The zero-order valence-corrected chi connectivity index (χ0v) is 12.1. The number of Topliss-reactive ketones (excluding diaryl/α,β-unsaturated/α-hetero) is 1. The highest BCUT2D eigenvalue weighted by Gasteiger charge is 2.24. The smallest absolute Gasteiger partial charge is 0.338 e. The minimum Gasteiger partial charge on any atom is -0.450 e. The molecule has 0 amide bonds. The normalized spacial score (nSPS) is 11.7. The molecule has 2 aromatic rings. The SMILES string of the molecule is O=C(OC(CCCl)C(=O)c1ccccc1)c1ccccc1. The summed E-state index contributed by atoms with van der Waals surface area (Å²) in [5.41, 5.74) is 0.923. The molecular weight excluding hydrogens is 288 g/mol. The van der Waals surface area contributed by atoms with Crippen LogP contribution in [0.25, 0.3) is 0 Å². The van der Waals surface area contributed by atoms with Crippen molar-refractivity contribution in [1.29, 1.82) is 0 Å². The fourth-order valence-corrected chi connectivity index (χ4v) is 2.10. The van der Waals surface area contributed by atoms with E-state index in [-0.39, 0.29) is 18.1 Å². The third-order valence-corrected chi connectivity index (χ3v) is 3.20. The first-order valence-corrected chi connectivity index (χ1v) is 7.17. The van der Waals surface area contributed by atoms with Crippen LogP contribution >= 0.6 is 11.6 Å². The van der Waals surface area contributed by atoms with Crippen molar-refractivity contribution in [1.82, 2.24) is 0 Å². The van der Waals surface area contributed by atoms with Crippen LogP contribution in [-0.4, -0.2) is 23.7 Å². The van der Waals surface area contributed by atoms with Crippen molar-refractivity contribution in [2.75, 3.05) is 5.88 Å². The van der Waals surface area contributed by atoms with Crippen LogP contribution in [0.2, 0.25) is 0 Å². The molecule has 1 atom stereocenters. The monoisotopic (exact) mass is 302 g/mol. The molecule has 0 aliphatic carbocycles. The van der Waals surface area contributed by atoms with E-state index in [4.69, 9.17) is 16.3 Å². The second kappa shape index (κ2) is 7.60. The van der Waals surface area contributed by atoms with Crippen molar-refractivity contribution in [3.63, 3.8) is 0 Å². The van der Waals surface area contributed by atoms with Crippen LogP contribution < -0.4 is 0 Å². The van der Waals surface area contributed by atoms with Gasteiger partial charge in [0, 0.05) is 17.9 Å². The minimum atomic E-state index is -0.863. The summed E-state index contributed by atoms with van der Waals surface area (Å²) in [6, 6.07) is 17.3. The lowest BCUT2D eigenvalue weighted by molar-refractivity contribution is 0.0278. The Balaban J connectivity index is 2.12. The number of ketones is 1. The summed E-state index contributed by atoms with van der Waals surface area (Å²) < 4.78 is 5.32. The van der Waals surface area contributed by atoms with E-state index in [2.05, 4.69) is 0 Å². The van der Waals surface area contributed by atoms with Gasteiger partial charge in [0.15, 0.2) is 6.10 Å². The highest BCUT2D eigenvalue weighted by molar-refractivity contribution is 6.18. The van der Waals surface area contributed by atoms with E-state index in [0.29, 0.717) is 11.1 Å². The first-order valence-electron chi connectivity index (χ1n) is 6.63. The molecule has 0 spiro atoms. The van der Waals surface area contributed by atoms with E-state index in [9.17, 15) is 9.59 Å². The van der Waals surface area contributed by atoms with Crippen LogP contribution in [0.15, 0.2) is 60.7 Å². The molecular formula is C17H15ClO3. The molecule has 0 bridgehead atoms. The Labute approximate surface area is 128 Å². The number of rotatable bonds is 6. The predicted molar refractivity (Wildman–Crippen MR) is 81.8 cm³/mol. The van der Waals surface area contributed by atoms with Crippen molar-refractivity contribution >= 4 is 23.4 Å². The standard InChI is InChI=1S/C17H15ClO3/c18-12-11-15(16(19)13-7-3-1-4-8-13)21-17(20)14-9-5-2-6-10-14/h1-10,15H,11-12H2. The zero-order valence-electron chi connectivity index (χ0n) is 11.4. The van der Waals surface area contributed by atoms with Crippen molar-refractivity contribution < 1.29 is 14.3 Å².